The molecule has 0 spiro atoms. The first-order valence-electron chi connectivity index (χ1n) is 5.44. The second-order valence-corrected chi connectivity index (χ2v) is 5.08. The van der Waals surface area contributed by atoms with E-state index in [4.69, 9.17) is 11.5 Å². The molecule has 1 aliphatic carbocycles. The van der Waals surface area contributed by atoms with E-state index in [0.29, 0.717) is 0 Å². The summed E-state index contributed by atoms with van der Waals surface area (Å²) in [6.45, 7) is 5.76. The van der Waals surface area contributed by atoms with Crippen LogP contribution in [0.25, 0.3) is 0 Å². The molecular formula is C13H20N2O. The number of carbonyl (C=O) groups is 1. The molecular weight excluding hydrogens is 200 g/mol. The normalized spacial score (nSPS) is 20.9. The molecule has 4 N–H and O–H groups in total. The van der Waals surface area contributed by atoms with Gasteiger partial charge in [0.05, 0.1) is 12.1 Å². The summed E-state index contributed by atoms with van der Waals surface area (Å²) in [5, 5.41) is 0. The first-order valence-corrected chi connectivity index (χ1v) is 5.44. The number of hydrogen-bond acceptors (Lipinski definition) is 3. The molecule has 0 radical (unpaired) electrons. The summed E-state index contributed by atoms with van der Waals surface area (Å²) in [7, 11) is 0. The smallest absolute Gasteiger partial charge is 0.148 e. The van der Waals surface area contributed by atoms with E-state index in [-0.39, 0.29) is 17.1 Å². The summed E-state index contributed by atoms with van der Waals surface area (Å²) in [6, 6.07) is 0. The quantitative estimate of drug-likeness (QED) is 0.693. The average molecular weight is 220 g/mol. The van der Waals surface area contributed by atoms with E-state index in [9.17, 15) is 4.79 Å². The molecule has 1 unspecified atom stereocenters. The Hall–Kier alpha value is -1.19. The lowest BCUT2D eigenvalue weighted by molar-refractivity contribution is -0.127. The van der Waals surface area contributed by atoms with Crippen LogP contribution in [0.1, 0.15) is 20.8 Å². The molecule has 0 bridgehead atoms. The Morgan fingerprint density at radius 2 is 1.94 bits per heavy atom. The Morgan fingerprint density at radius 3 is 2.44 bits per heavy atom. The molecule has 1 rings (SSSR count). The van der Waals surface area contributed by atoms with Crippen molar-refractivity contribution < 1.29 is 4.79 Å². The number of hydrogen-bond donors (Lipinski definition) is 2. The maximum absolute atomic E-state index is 12.1. The van der Waals surface area contributed by atoms with E-state index >= 15 is 0 Å². The Bertz CT molecular complexity index is 357. The van der Waals surface area contributed by atoms with Crippen molar-refractivity contribution in [1.29, 1.82) is 0 Å². The topological polar surface area (TPSA) is 69.1 Å². The fourth-order valence-electron chi connectivity index (χ4n) is 1.52. The molecule has 0 amide bonds. The largest absolute Gasteiger partial charge is 0.312 e. The van der Waals surface area contributed by atoms with E-state index < -0.39 is 6.17 Å². The Morgan fingerprint density at radius 1 is 1.31 bits per heavy atom. The van der Waals surface area contributed by atoms with Crippen LogP contribution < -0.4 is 11.5 Å². The molecule has 0 aromatic heterocycles. The molecule has 0 aromatic rings. The number of Topliss-reactive ketones (excluding diaryl/α,β-unsaturated/α-hetero) is 1. The molecule has 3 heteroatoms. The highest BCUT2D eigenvalue weighted by atomic mass is 16.1. The fourth-order valence-corrected chi connectivity index (χ4v) is 1.52. The standard InChI is InChI=1S/C13H20N2O/c1-13(2,3)11(16)9-5-4-6-10(8-7-9)12(14)15/h4-9,12H,14-15H2,1-3H3. The van der Waals surface area contributed by atoms with Crippen molar-refractivity contribution in [2.45, 2.75) is 26.9 Å². The second-order valence-electron chi connectivity index (χ2n) is 5.08. The maximum Gasteiger partial charge on any atom is 0.148 e. The zero-order valence-corrected chi connectivity index (χ0v) is 10.1. The second kappa shape index (κ2) is 4.76. The SMILES string of the molecule is CC(C)(C)C(=O)C1C=CC=C(C(N)N)C=C1. The molecule has 0 fully saturated rings. The lowest BCUT2D eigenvalue weighted by Gasteiger charge is -2.20. The Labute approximate surface area is 96.9 Å². The van der Waals surface area contributed by atoms with Gasteiger partial charge in [-0.1, -0.05) is 51.2 Å². The van der Waals surface area contributed by atoms with Crippen LogP contribution in [0, 0.1) is 11.3 Å². The maximum atomic E-state index is 12.1. The van der Waals surface area contributed by atoms with Gasteiger partial charge in [-0.15, -0.1) is 0 Å². The van der Waals surface area contributed by atoms with Gasteiger partial charge in [0.1, 0.15) is 5.78 Å². The van der Waals surface area contributed by atoms with Crippen LogP contribution in [0.2, 0.25) is 0 Å². The lowest BCUT2D eigenvalue weighted by Crippen LogP contribution is -2.31. The predicted octanol–water partition coefficient (Wildman–Crippen LogP) is 1.51. The van der Waals surface area contributed by atoms with Crippen LogP contribution in [0.3, 0.4) is 0 Å². The lowest BCUT2D eigenvalue weighted by atomic mass is 9.83. The van der Waals surface area contributed by atoms with Gasteiger partial charge in [-0.25, -0.2) is 0 Å². The van der Waals surface area contributed by atoms with Gasteiger partial charge in [-0.2, -0.15) is 0 Å². The third-order valence-corrected chi connectivity index (χ3v) is 2.53. The van der Waals surface area contributed by atoms with E-state index in [2.05, 4.69) is 0 Å². The van der Waals surface area contributed by atoms with Crippen LogP contribution in [-0.2, 0) is 4.79 Å². The number of ketones is 1. The average Bonchev–Trinajstić information content (AvgIpc) is 2.39. The molecule has 1 aliphatic rings. The highest BCUT2D eigenvalue weighted by Crippen LogP contribution is 2.23. The summed E-state index contributed by atoms with van der Waals surface area (Å²) in [6.07, 6.45) is 8.76. The molecule has 0 aromatic carbocycles. The molecule has 3 nitrogen and oxygen atoms in total. The summed E-state index contributed by atoms with van der Waals surface area (Å²) in [5.74, 6) is 0.00717. The van der Waals surface area contributed by atoms with Crippen molar-refractivity contribution in [3.8, 4) is 0 Å². The van der Waals surface area contributed by atoms with Gasteiger partial charge in [0, 0.05) is 5.41 Å². The third kappa shape index (κ3) is 3.15. The van der Waals surface area contributed by atoms with Gasteiger partial charge in [-0.05, 0) is 5.57 Å². The highest BCUT2D eigenvalue weighted by Gasteiger charge is 2.26. The van der Waals surface area contributed by atoms with Crippen molar-refractivity contribution in [1.82, 2.24) is 0 Å². The number of nitrogens with two attached hydrogens (primary N) is 2. The first-order chi connectivity index (χ1) is 7.32. The van der Waals surface area contributed by atoms with E-state index in [1.165, 1.54) is 0 Å². The van der Waals surface area contributed by atoms with Crippen LogP contribution in [0.15, 0.2) is 36.0 Å². The Kier molecular flexibility index (Phi) is 3.83. The number of allylic oxidation sites excluding steroid dienone is 4. The molecule has 0 saturated carbocycles. The van der Waals surface area contributed by atoms with Crippen LogP contribution in [0.4, 0.5) is 0 Å². The van der Waals surface area contributed by atoms with Crippen LogP contribution in [0.5, 0.6) is 0 Å². The Balaban J connectivity index is 2.85. The van der Waals surface area contributed by atoms with Crippen molar-refractivity contribution in [3.05, 3.63) is 36.0 Å². The van der Waals surface area contributed by atoms with Crippen molar-refractivity contribution in [2.24, 2.45) is 22.8 Å². The van der Waals surface area contributed by atoms with Gasteiger partial charge in [0.25, 0.3) is 0 Å². The molecule has 0 heterocycles. The van der Waals surface area contributed by atoms with E-state index in [0.717, 1.165) is 5.57 Å². The number of rotatable bonds is 2. The van der Waals surface area contributed by atoms with Gasteiger partial charge in [0.15, 0.2) is 0 Å². The van der Waals surface area contributed by atoms with Gasteiger partial charge in [-0.3, -0.25) is 4.79 Å². The zero-order chi connectivity index (χ0) is 12.3. The van der Waals surface area contributed by atoms with E-state index in [1.807, 2.05) is 51.2 Å². The first kappa shape index (κ1) is 12.9. The van der Waals surface area contributed by atoms with Crippen molar-refractivity contribution in [3.63, 3.8) is 0 Å². The minimum absolute atomic E-state index is 0.188. The van der Waals surface area contributed by atoms with Gasteiger partial charge in [0.2, 0.25) is 0 Å². The van der Waals surface area contributed by atoms with Crippen molar-refractivity contribution >= 4 is 5.78 Å². The monoisotopic (exact) mass is 220 g/mol. The highest BCUT2D eigenvalue weighted by molar-refractivity contribution is 5.89. The third-order valence-electron chi connectivity index (χ3n) is 2.53. The molecule has 0 aliphatic heterocycles. The minimum Gasteiger partial charge on any atom is -0.312 e. The number of carbonyl (C=O) groups excluding carboxylic acids is 1. The summed E-state index contributed by atoms with van der Waals surface area (Å²) in [5.41, 5.74) is 11.7. The molecule has 88 valence electrons. The van der Waals surface area contributed by atoms with E-state index in [1.54, 1.807) is 0 Å². The molecule has 16 heavy (non-hydrogen) atoms. The van der Waals surface area contributed by atoms with Crippen LogP contribution >= 0.6 is 0 Å². The predicted molar refractivity (Wildman–Crippen MR) is 66.5 cm³/mol. The summed E-state index contributed by atoms with van der Waals surface area (Å²) < 4.78 is 0. The fraction of sp³-hybridized carbons (Fsp3) is 0.462. The molecule has 1 atom stereocenters. The van der Waals surface area contributed by atoms with Gasteiger partial charge >= 0.3 is 0 Å². The summed E-state index contributed by atoms with van der Waals surface area (Å²) in [4.78, 5) is 12.1. The zero-order valence-electron chi connectivity index (χ0n) is 10.1. The van der Waals surface area contributed by atoms with Crippen LogP contribution in [-0.4, -0.2) is 11.9 Å². The van der Waals surface area contributed by atoms with Gasteiger partial charge < -0.3 is 11.5 Å². The molecule has 0 saturated heterocycles. The van der Waals surface area contributed by atoms with Crippen molar-refractivity contribution in [2.75, 3.05) is 0 Å². The minimum atomic E-state index is -0.496. The summed E-state index contributed by atoms with van der Waals surface area (Å²) >= 11 is 0.